The Morgan fingerprint density at radius 2 is 1.74 bits per heavy atom. The minimum absolute atomic E-state index is 0.0845. The molecule has 0 amide bonds. The summed E-state index contributed by atoms with van der Waals surface area (Å²) in [6.07, 6.45) is -3.04. The first-order valence-corrected chi connectivity index (χ1v) is 8.83. The zero-order valence-electron chi connectivity index (χ0n) is 16.6. The zero-order chi connectivity index (χ0) is 20.4. The van der Waals surface area contributed by atoms with Crippen molar-refractivity contribution >= 4 is 11.5 Å². The van der Waals surface area contributed by atoms with Gasteiger partial charge >= 0.3 is 12.2 Å². The van der Waals surface area contributed by atoms with Crippen LogP contribution in [0.1, 0.15) is 45.7 Å². The number of nitrogens with zero attached hydrogens (tertiary/aromatic N) is 3. The molecule has 0 saturated heterocycles. The number of benzene rings is 1. The van der Waals surface area contributed by atoms with Crippen LogP contribution in [0.25, 0.3) is 0 Å². The largest absolute Gasteiger partial charge is 0.458 e. The van der Waals surface area contributed by atoms with Gasteiger partial charge in [-0.3, -0.25) is 0 Å². The highest BCUT2D eigenvalue weighted by molar-refractivity contribution is 5.66. The number of alkyl halides is 3. The van der Waals surface area contributed by atoms with E-state index in [9.17, 15) is 13.2 Å². The second-order valence-electron chi connectivity index (χ2n) is 7.89. The predicted molar refractivity (Wildman–Crippen MR) is 100 cm³/mol. The highest BCUT2D eigenvalue weighted by Gasteiger charge is 2.37. The maximum atomic E-state index is 13.6. The number of halogens is 3. The molecule has 0 aliphatic heterocycles. The average molecular weight is 381 g/mol. The van der Waals surface area contributed by atoms with Crippen molar-refractivity contribution in [1.29, 1.82) is 0 Å². The van der Waals surface area contributed by atoms with Gasteiger partial charge in [-0.2, -0.15) is 18.2 Å². The molecule has 0 atom stereocenters. The number of hydrogen-bond donors (Lipinski definition) is 0. The molecule has 0 bridgehead atoms. The number of ether oxygens (including phenoxy) is 1. The number of hydrogen-bond acceptors (Lipinski definition) is 4. The van der Waals surface area contributed by atoms with Gasteiger partial charge in [0.2, 0.25) is 0 Å². The lowest BCUT2D eigenvalue weighted by Crippen LogP contribution is -2.26. The highest BCUT2D eigenvalue weighted by atomic mass is 19.4. The topological polar surface area (TPSA) is 38.2 Å². The first-order valence-electron chi connectivity index (χ1n) is 8.83. The van der Waals surface area contributed by atoms with Crippen LogP contribution in [0.4, 0.5) is 24.7 Å². The van der Waals surface area contributed by atoms with E-state index in [-0.39, 0.29) is 11.8 Å². The van der Waals surface area contributed by atoms with Gasteiger partial charge in [-0.15, -0.1) is 0 Å². The maximum Gasteiger partial charge on any atom is 0.421 e. The summed E-state index contributed by atoms with van der Waals surface area (Å²) in [5.74, 6) is 0.139. The van der Waals surface area contributed by atoms with Gasteiger partial charge in [0, 0.05) is 18.9 Å². The van der Waals surface area contributed by atoms with E-state index in [0.29, 0.717) is 11.6 Å². The smallest absolute Gasteiger partial charge is 0.421 e. The fourth-order valence-corrected chi connectivity index (χ4v) is 2.70. The minimum Gasteiger partial charge on any atom is -0.458 e. The molecule has 1 heterocycles. The summed E-state index contributed by atoms with van der Waals surface area (Å²) in [6, 6.07) is 7.32. The third kappa shape index (κ3) is 5.58. The Bertz CT molecular complexity index is 783. The molecule has 0 fully saturated rings. The summed E-state index contributed by atoms with van der Waals surface area (Å²) in [5, 5.41) is 0. The molecule has 2 rings (SSSR count). The lowest BCUT2D eigenvalue weighted by molar-refractivity contribution is -0.137. The summed E-state index contributed by atoms with van der Waals surface area (Å²) >= 11 is 0. The van der Waals surface area contributed by atoms with E-state index in [1.807, 2.05) is 12.1 Å². The van der Waals surface area contributed by atoms with E-state index in [0.717, 1.165) is 18.2 Å². The predicted octanol–water partition coefficient (Wildman–Crippen LogP) is 5.64. The molecule has 0 N–H and O–H groups in total. The Labute approximate surface area is 158 Å². The molecule has 0 spiro atoms. The lowest BCUT2D eigenvalue weighted by atomic mass is 10.0. The van der Waals surface area contributed by atoms with Crippen molar-refractivity contribution in [2.75, 3.05) is 11.9 Å². The number of para-hydroxylation sites is 1. The molecule has 0 aliphatic rings. The molecule has 1 aromatic heterocycles. The second kappa shape index (κ2) is 7.74. The van der Waals surface area contributed by atoms with Crippen molar-refractivity contribution in [3.63, 3.8) is 0 Å². The normalized spacial score (nSPS) is 12.4. The van der Waals surface area contributed by atoms with Gasteiger partial charge in [0.05, 0.1) is 0 Å². The number of anilines is 2. The summed E-state index contributed by atoms with van der Waals surface area (Å²) < 4.78 is 46.2. The van der Waals surface area contributed by atoms with Crippen LogP contribution in [0.15, 0.2) is 30.5 Å². The minimum atomic E-state index is -4.57. The molecule has 2 aromatic rings. The summed E-state index contributed by atoms with van der Waals surface area (Å²) in [5.41, 5.74) is 0.119. The first-order chi connectivity index (χ1) is 12.4. The molecule has 0 radical (unpaired) electrons. The van der Waals surface area contributed by atoms with E-state index in [4.69, 9.17) is 4.74 Å². The van der Waals surface area contributed by atoms with Gasteiger partial charge < -0.3 is 9.64 Å². The van der Waals surface area contributed by atoms with Gasteiger partial charge in [0.15, 0.2) is 5.82 Å². The van der Waals surface area contributed by atoms with Gasteiger partial charge in [0.1, 0.15) is 11.2 Å². The SMILES string of the molecule is CC(C)Cc1ccccc1N(C)c1nc(OC(C)(C)C)ncc1C(F)(F)F. The van der Waals surface area contributed by atoms with Crippen molar-refractivity contribution in [2.24, 2.45) is 5.92 Å². The van der Waals surface area contributed by atoms with Gasteiger partial charge in [-0.25, -0.2) is 4.98 Å². The van der Waals surface area contributed by atoms with Crippen molar-refractivity contribution in [2.45, 2.75) is 52.8 Å². The van der Waals surface area contributed by atoms with E-state index in [1.165, 1.54) is 4.90 Å². The summed E-state index contributed by atoms with van der Waals surface area (Å²) in [4.78, 5) is 9.31. The second-order valence-corrected chi connectivity index (χ2v) is 7.89. The quantitative estimate of drug-likeness (QED) is 0.672. The van der Waals surface area contributed by atoms with Crippen LogP contribution in [0.2, 0.25) is 0 Å². The van der Waals surface area contributed by atoms with Gasteiger partial charge in [0.25, 0.3) is 0 Å². The molecule has 0 unspecified atom stereocenters. The average Bonchev–Trinajstić information content (AvgIpc) is 2.51. The fraction of sp³-hybridized carbons (Fsp3) is 0.500. The molecule has 27 heavy (non-hydrogen) atoms. The molecule has 148 valence electrons. The first kappa shape index (κ1) is 21.0. The van der Waals surface area contributed by atoms with Crippen LogP contribution in [0.5, 0.6) is 6.01 Å². The van der Waals surface area contributed by atoms with E-state index >= 15 is 0 Å². The zero-order valence-corrected chi connectivity index (χ0v) is 16.6. The Kier molecular flexibility index (Phi) is 6.02. The Hall–Kier alpha value is -2.31. The number of rotatable bonds is 5. The Morgan fingerprint density at radius 1 is 1.11 bits per heavy atom. The molecule has 4 nitrogen and oxygen atoms in total. The maximum absolute atomic E-state index is 13.6. The molecular formula is C20H26F3N3O. The van der Waals surface area contributed by atoms with Crippen molar-refractivity contribution in [3.8, 4) is 6.01 Å². The van der Waals surface area contributed by atoms with Crippen LogP contribution in [-0.4, -0.2) is 22.6 Å². The molecule has 0 aliphatic carbocycles. The van der Waals surface area contributed by atoms with Crippen LogP contribution in [-0.2, 0) is 12.6 Å². The summed E-state index contributed by atoms with van der Waals surface area (Å²) in [6.45, 7) is 9.50. The molecule has 1 aromatic carbocycles. The third-order valence-electron chi connectivity index (χ3n) is 3.75. The van der Waals surface area contributed by atoms with Crippen molar-refractivity contribution in [1.82, 2.24) is 9.97 Å². The summed E-state index contributed by atoms with van der Waals surface area (Å²) in [7, 11) is 1.58. The van der Waals surface area contributed by atoms with Crippen molar-refractivity contribution < 1.29 is 17.9 Å². The molecule has 7 heteroatoms. The monoisotopic (exact) mass is 381 g/mol. The lowest BCUT2D eigenvalue weighted by Gasteiger charge is -2.26. The van der Waals surface area contributed by atoms with E-state index in [2.05, 4.69) is 23.8 Å². The van der Waals surface area contributed by atoms with Crippen LogP contribution in [0.3, 0.4) is 0 Å². The molecule has 0 saturated carbocycles. The van der Waals surface area contributed by atoms with E-state index < -0.39 is 17.3 Å². The Balaban J connectivity index is 2.56. The highest BCUT2D eigenvalue weighted by Crippen LogP contribution is 2.39. The van der Waals surface area contributed by atoms with Crippen LogP contribution >= 0.6 is 0 Å². The standard InChI is InChI=1S/C20H26F3N3O/c1-13(2)11-14-9-7-8-10-16(14)26(6)17-15(20(21,22)23)12-24-18(25-17)27-19(3,4)5/h7-10,12-13H,11H2,1-6H3. The third-order valence-corrected chi connectivity index (χ3v) is 3.75. The van der Waals surface area contributed by atoms with E-state index in [1.54, 1.807) is 40.0 Å². The van der Waals surface area contributed by atoms with Crippen LogP contribution in [0, 0.1) is 5.92 Å². The molecular weight excluding hydrogens is 355 g/mol. The van der Waals surface area contributed by atoms with Gasteiger partial charge in [-0.1, -0.05) is 32.0 Å². The number of aromatic nitrogens is 2. The van der Waals surface area contributed by atoms with Crippen LogP contribution < -0.4 is 9.64 Å². The fourth-order valence-electron chi connectivity index (χ4n) is 2.70. The van der Waals surface area contributed by atoms with Crippen molar-refractivity contribution in [3.05, 3.63) is 41.6 Å². The van der Waals surface area contributed by atoms with Gasteiger partial charge in [-0.05, 0) is 44.7 Å². The Morgan fingerprint density at radius 3 is 2.30 bits per heavy atom.